The lowest BCUT2D eigenvalue weighted by molar-refractivity contribution is -0.127. The van der Waals surface area contributed by atoms with E-state index < -0.39 is 0 Å². The molecule has 222 valence electrons. The first-order valence-electron chi connectivity index (χ1n) is 15.9. The van der Waals surface area contributed by atoms with Crippen LogP contribution < -0.4 is 14.8 Å². The molecule has 7 nitrogen and oxygen atoms in total. The van der Waals surface area contributed by atoms with E-state index >= 15 is 0 Å². The van der Waals surface area contributed by atoms with Gasteiger partial charge in [-0.3, -0.25) is 14.5 Å². The Bertz CT molecular complexity index is 1600. The average molecular weight is 579 g/mol. The van der Waals surface area contributed by atoms with E-state index in [1.807, 2.05) is 24.3 Å². The van der Waals surface area contributed by atoms with Crippen LogP contribution in [0.2, 0.25) is 0 Å². The minimum absolute atomic E-state index is 0.0943. The zero-order valence-corrected chi connectivity index (χ0v) is 24.4. The van der Waals surface area contributed by atoms with Crippen molar-refractivity contribution >= 4 is 11.7 Å². The molecule has 2 bridgehead atoms. The first-order chi connectivity index (χ1) is 21.0. The van der Waals surface area contributed by atoms with Gasteiger partial charge in [-0.2, -0.15) is 0 Å². The second-order valence-electron chi connectivity index (χ2n) is 13.2. The zero-order valence-electron chi connectivity index (χ0n) is 24.4. The molecule has 3 fully saturated rings. The van der Waals surface area contributed by atoms with Crippen LogP contribution >= 0.6 is 0 Å². The third kappa shape index (κ3) is 4.69. The lowest BCUT2D eigenvalue weighted by atomic mass is 9.51. The van der Waals surface area contributed by atoms with Gasteiger partial charge in [0.25, 0.3) is 5.91 Å². The van der Waals surface area contributed by atoms with Crippen LogP contribution in [0.15, 0.2) is 54.6 Å². The average Bonchev–Trinajstić information content (AvgIpc) is 3.71. The summed E-state index contributed by atoms with van der Waals surface area (Å²) in [6.45, 7) is 2.85. The molecule has 3 aromatic rings. The van der Waals surface area contributed by atoms with Crippen molar-refractivity contribution in [1.29, 1.82) is 0 Å². The van der Waals surface area contributed by atoms with E-state index in [1.54, 1.807) is 6.07 Å². The molecule has 2 saturated carbocycles. The van der Waals surface area contributed by atoms with Crippen LogP contribution in [0.4, 0.5) is 0 Å². The summed E-state index contributed by atoms with van der Waals surface area (Å²) in [5.74, 6) is 2.83. The number of piperidine rings is 1. The molecular weight excluding hydrogens is 540 g/mol. The van der Waals surface area contributed by atoms with Crippen molar-refractivity contribution in [3.05, 3.63) is 76.9 Å². The number of nitrogens with zero attached hydrogens (tertiary/aromatic N) is 1. The van der Waals surface area contributed by atoms with Crippen LogP contribution in [0.1, 0.15) is 65.6 Å². The number of nitrogens with one attached hydrogen (secondary N) is 1. The lowest BCUT2D eigenvalue weighted by Gasteiger charge is -2.58. The Kier molecular flexibility index (Phi) is 6.48. The highest BCUT2D eigenvalue weighted by Crippen LogP contribution is 2.58. The maximum absolute atomic E-state index is 13.4. The molecule has 5 aliphatic rings. The molecule has 2 aliphatic heterocycles. The van der Waals surface area contributed by atoms with Gasteiger partial charge in [0.15, 0.2) is 11.5 Å². The predicted molar refractivity (Wildman–Crippen MR) is 163 cm³/mol. The van der Waals surface area contributed by atoms with E-state index in [0.29, 0.717) is 43.3 Å². The molecule has 1 amide bonds. The van der Waals surface area contributed by atoms with E-state index in [0.717, 1.165) is 77.6 Å². The zero-order chi connectivity index (χ0) is 29.1. The molecule has 3 aromatic carbocycles. The number of carbonyl (C=O) groups excluding carboxylic acids is 2. The maximum Gasteiger partial charge on any atom is 0.255 e. The van der Waals surface area contributed by atoms with Gasteiger partial charge in [0.2, 0.25) is 6.79 Å². The molecule has 43 heavy (non-hydrogen) atoms. The van der Waals surface area contributed by atoms with Gasteiger partial charge in [0, 0.05) is 43.0 Å². The van der Waals surface area contributed by atoms with Crippen LogP contribution in [0.25, 0.3) is 11.1 Å². The van der Waals surface area contributed by atoms with Gasteiger partial charge in [0.05, 0.1) is 5.56 Å². The van der Waals surface area contributed by atoms with E-state index in [9.17, 15) is 14.7 Å². The van der Waals surface area contributed by atoms with Crippen molar-refractivity contribution in [1.82, 2.24) is 10.2 Å². The van der Waals surface area contributed by atoms with Crippen LogP contribution in [0, 0.1) is 11.8 Å². The standard InChI is InChI=1S/C36H38N2O5/c39-27-9-11-29-30-17-26-7-10-28(34(40)33(26)36(29,19-27)14-16-38(30)20-23-1-2-23)35(41)37-15-13-22-3-5-24(6-4-22)25-8-12-31-32(18-25)43-21-42-31/h3-8,10,12,18,23,29-30,40H,1-2,9,11,13-17,19-21H2,(H,37,41)/t29?,30-,36?/m1/s1. The number of Topliss-reactive ketones (excluding diaryl/α,β-unsaturated/α-hetero) is 1. The SMILES string of the molecule is O=C1CCC2[C@H]3Cc4ccc(C(=O)NCCc5ccc(-c6ccc7c(c6)OCO7)cc5)c(O)c4C2(CCN3CC2CC2)C1. The molecule has 2 unspecified atom stereocenters. The molecule has 3 aliphatic carbocycles. The molecule has 7 heteroatoms. The number of hydrogen-bond donors (Lipinski definition) is 2. The van der Waals surface area contributed by atoms with Crippen LogP contribution in [0.3, 0.4) is 0 Å². The lowest BCUT2D eigenvalue weighted by Crippen LogP contribution is -2.62. The highest BCUT2D eigenvalue weighted by atomic mass is 16.7. The third-order valence-electron chi connectivity index (χ3n) is 10.7. The van der Waals surface area contributed by atoms with Gasteiger partial charge in [-0.15, -0.1) is 0 Å². The molecule has 2 heterocycles. The number of phenols is 1. The largest absolute Gasteiger partial charge is 0.507 e. The van der Waals surface area contributed by atoms with Crippen LogP contribution in [-0.4, -0.2) is 54.2 Å². The van der Waals surface area contributed by atoms with E-state index in [-0.39, 0.29) is 29.6 Å². The number of likely N-dealkylation sites (tertiary alicyclic amines) is 1. The summed E-state index contributed by atoms with van der Waals surface area (Å²) in [5.41, 5.74) is 5.24. The first-order valence-corrected chi connectivity index (χ1v) is 15.9. The Morgan fingerprint density at radius 1 is 1.00 bits per heavy atom. The molecule has 0 aromatic heterocycles. The summed E-state index contributed by atoms with van der Waals surface area (Å²) in [4.78, 5) is 28.9. The fourth-order valence-corrected chi connectivity index (χ4v) is 8.41. The van der Waals surface area contributed by atoms with Crippen molar-refractivity contribution < 1.29 is 24.2 Å². The van der Waals surface area contributed by atoms with E-state index in [1.165, 1.54) is 12.8 Å². The van der Waals surface area contributed by atoms with E-state index in [4.69, 9.17) is 9.47 Å². The van der Waals surface area contributed by atoms with Gasteiger partial charge in [-0.25, -0.2) is 0 Å². The first kappa shape index (κ1) is 26.8. The molecule has 0 radical (unpaired) electrons. The molecule has 0 spiro atoms. The van der Waals surface area contributed by atoms with Crippen molar-refractivity contribution in [3.8, 4) is 28.4 Å². The summed E-state index contributed by atoms with van der Waals surface area (Å²) in [6, 6.07) is 18.5. The topological polar surface area (TPSA) is 88.1 Å². The van der Waals surface area contributed by atoms with Crippen molar-refractivity contribution in [2.45, 2.75) is 62.8 Å². The number of hydrogen-bond acceptors (Lipinski definition) is 6. The Balaban J connectivity index is 0.973. The molecule has 8 rings (SSSR count). The molecule has 1 saturated heterocycles. The van der Waals surface area contributed by atoms with Crippen LogP contribution in [0.5, 0.6) is 17.2 Å². The number of fused-ring (bicyclic) bond motifs is 2. The van der Waals surface area contributed by atoms with Gasteiger partial charge in [-0.05, 0) is 97.4 Å². The number of ether oxygens (including phenoxy) is 2. The second kappa shape index (κ2) is 10.4. The minimum atomic E-state index is -0.353. The monoisotopic (exact) mass is 578 g/mol. The Morgan fingerprint density at radius 3 is 2.65 bits per heavy atom. The summed E-state index contributed by atoms with van der Waals surface area (Å²) in [6.07, 6.45) is 7.11. The van der Waals surface area contributed by atoms with Crippen molar-refractivity contribution in [3.63, 3.8) is 0 Å². The van der Waals surface area contributed by atoms with Gasteiger partial charge >= 0.3 is 0 Å². The third-order valence-corrected chi connectivity index (χ3v) is 10.7. The molecule has 3 atom stereocenters. The van der Waals surface area contributed by atoms with Gasteiger partial charge in [0.1, 0.15) is 11.5 Å². The summed E-state index contributed by atoms with van der Waals surface area (Å²) in [7, 11) is 0. The predicted octanol–water partition coefficient (Wildman–Crippen LogP) is 5.41. The number of carbonyl (C=O) groups is 2. The van der Waals surface area contributed by atoms with Crippen molar-refractivity contribution in [2.24, 2.45) is 11.8 Å². The van der Waals surface area contributed by atoms with Crippen molar-refractivity contribution in [2.75, 3.05) is 26.4 Å². The number of rotatable bonds is 7. The smallest absolute Gasteiger partial charge is 0.255 e. The normalized spacial score (nSPS) is 25.6. The quantitative estimate of drug-likeness (QED) is 0.390. The summed E-state index contributed by atoms with van der Waals surface area (Å²) >= 11 is 0. The second-order valence-corrected chi connectivity index (χ2v) is 13.2. The van der Waals surface area contributed by atoms with Crippen LogP contribution in [-0.2, 0) is 23.1 Å². The number of phenolic OH excluding ortho intramolecular Hbond substituents is 1. The minimum Gasteiger partial charge on any atom is -0.507 e. The number of aromatic hydroxyl groups is 1. The van der Waals surface area contributed by atoms with Gasteiger partial charge in [-0.1, -0.05) is 36.4 Å². The highest BCUT2D eigenvalue weighted by Gasteiger charge is 2.57. The Morgan fingerprint density at radius 2 is 1.81 bits per heavy atom. The summed E-state index contributed by atoms with van der Waals surface area (Å²) < 4.78 is 10.9. The molecular formula is C36H38N2O5. The van der Waals surface area contributed by atoms with Gasteiger partial charge < -0.3 is 19.9 Å². The Hall–Kier alpha value is -3.84. The Labute approximate surface area is 252 Å². The maximum atomic E-state index is 13.4. The fraction of sp³-hybridized carbons (Fsp3) is 0.444. The number of benzene rings is 3. The number of ketones is 1. The number of amides is 1. The summed E-state index contributed by atoms with van der Waals surface area (Å²) in [5, 5.41) is 14.7. The molecule has 2 N–H and O–H groups in total. The highest BCUT2D eigenvalue weighted by molar-refractivity contribution is 5.98. The van der Waals surface area contributed by atoms with E-state index in [2.05, 4.69) is 34.5 Å². The fourth-order valence-electron chi connectivity index (χ4n) is 8.41.